The molecule has 0 fully saturated rings. The van der Waals surface area contributed by atoms with Crippen LogP contribution >= 0.6 is 7.82 Å². The monoisotopic (exact) mass is 453 g/mol. The number of hydrogen-bond acceptors (Lipinski definition) is 7. The van der Waals surface area contributed by atoms with Crippen LogP contribution in [0.3, 0.4) is 0 Å². The number of esters is 1. The van der Waals surface area contributed by atoms with Gasteiger partial charge in [0.15, 0.2) is 0 Å². The second kappa shape index (κ2) is 17.1. The first-order valence-corrected chi connectivity index (χ1v) is 12.7. The van der Waals surface area contributed by atoms with Crippen molar-refractivity contribution in [1.82, 2.24) is 0 Å². The van der Waals surface area contributed by atoms with Gasteiger partial charge < -0.3 is 27.9 Å². The highest BCUT2D eigenvalue weighted by atomic mass is 31.2. The summed E-state index contributed by atoms with van der Waals surface area (Å²) in [4.78, 5) is 23.1. The van der Waals surface area contributed by atoms with Gasteiger partial charge in [-0.05, 0) is 6.42 Å². The average molecular weight is 454 g/mol. The number of hydrogen-bond donors (Lipinski definition) is 0. The lowest BCUT2D eigenvalue weighted by Crippen LogP contribution is -2.37. The fourth-order valence-corrected chi connectivity index (χ4v) is 3.45. The van der Waals surface area contributed by atoms with Gasteiger partial charge in [0.05, 0.1) is 34.4 Å². The van der Waals surface area contributed by atoms with Crippen molar-refractivity contribution < 1.29 is 37.3 Å². The zero-order valence-corrected chi connectivity index (χ0v) is 20.6. The molecule has 0 aliphatic rings. The van der Waals surface area contributed by atoms with Gasteiger partial charge in [0.1, 0.15) is 19.3 Å². The van der Waals surface area contributed by atoms with Gasteiger partial charge in [-0.1, -0.05) is 58.3 Å². The molecular weight excluding hydrogens is 409 g/mol. The van der Waals surface area contributed by atoms with E-state index in [9.17, 15) is 14.3 Å². The first kappa shape index (κ1) is 29.5. The Hall–Kier alpha value is -0.500. The van der Waals surface area contributed by atoms with Crippen LogP contribution in [0.15, 0.2) is 0 Å². The maximum Gasteiger partial charge on any atom is 0.303 e. The lowest BCUT2D eigenvalue weighted by Gasteiger charge is -2.28. The molecule has 0 aromatic heterocycles. The lowest BCUT2D eigenvalue weighted by atomic mass is 10.1. The molecule has 0 N–H and O–H groups in total. The summed E-state index contributed by atoms with van der Waals surface area (Å²) in [6.45, 7) is 4.35. The second-order valence-corrected chi connectivity index (χ2v) is 10.1. The molecule has 0 aromatic carbocycles. The van der Waals surface area contributed by atoms with Crippen LogP contribution in [0.25, 0.3) is 0 Å². The third kappa shape index (κ3) is 20.8. The lowest BCUT2D eigenvalue weighted by molar-refractivity contribution is -0.870. The normalized spacial score (nSPS) is 15.0. The molecule has 9 heteroatoms. The molecule has 180 valence electrons. The van der Waals surface area contributed by atoms with E-state index < -0.39 is 19.9 Å². The molecule has 0 spiro atoms. The number of carbonyl (C=O) groups excluding carboxylic acids is 1. The van der Waals surface area contributed by atoms with Crippen LogP contribution in [0.2, 0.25) is 0 Å². The highest BCUT2D eigenvalue weighted by molar-refractivity contribution is 7.45. The Kier molecular flexibility index (Phi) is 16.8. The fourth-order valence-electron chi connectivity index (χ4n) is 2.72. The molecule has 0 aromatic rings. The number of rotatable bonds is 20. The topological polar surface area (TPSA) is 94.1 Å². The third-order valence-corrected chi connectivity index (χ3v) is 5.42. The van der Waals surface area contributed by atoms with Crippen LogP contribution in [0, 0.1) is 0 Å². The summed E-state index contributed by atoms with van der Waals surface area (Å²) in [6, 6.07) is 0. The fraction of sp³-hybridized carbons (Fsp3) is 0.952. The highest BCUT2D eigenvalue weighted by Gasteiger charge is 2.19. The number of carbonyl (C=O) groups is 1. The number of phosphoric acid groups is 1. The quantitative estimate of drug-likeness (QED) is 0.120. The van der Waals surface area contributed by atoms with Crippen LogP contribution in [0.5, 0.6) is 0 Å². The largest absolute Gasteiger partial charge is 0.756 e. The van der Waals surface area contributed by atoms with Crippen LogP contribution in [-0.4, -0.2) is 70.7 Å². The first-order chi connectivity index (χ1) is 14.1. The number of phosphoric ester groups is 1. The Bertz CT molecular complexity index is 482. The Morgan fingerprint density at radius 1 is 0.900 bits per heavy atom. The minimum atomic E-state index is -4.45. The van der Waals surface area contributed by atoms with Gasteiger partial charge in [0.25, 0.3) is 7.82 Å². The predicted octanol–water partition coefficient (Wildman–Crippen LogP) is 3.67. The molecule has 0 saturated carbocycles. The van der Waals surface area contributed by atoms with E-state index in [-0.39, 0.29) is 19.8 Å². The van der Waals surface area contributed by atoms with E-state index in [0.717, 1.165) is 12.8 Å². The van der Waals surface area contributed by atoms with E-state index in [1.807, 2.05) is 21.1 Å². The van der Waals surface area contributed by atoms with Crippen LogP contribution in [-0.2, 0) is 27.9 Å². The van der Waals surface area contributed by atoms with Crippen LogP contribution in [0.4, 0.5) is 0 Å². The SMILES string of the molecule is CCCCCCCCCCCOCC(COP(=O)([O-])OCC[N+](C)(C)C)OC(C)=O. The summed E-state index contributed by atoms with van der Waals surface area (Å²) in [7, 11) is 1.35. The molecule has 0 radical (unpaired) electrons. The zero-order chi connectivity index (χ0) is 22.9. The van der Waals surface area contributed by atoms with Crippen molar-refractivity contribution in [2.75, 3.05) is 54.1 Å². The maximum atomic E-state index is 11.9. The van der Waals surface area contributed by atoms with E-state index in [2.05, 4.69) is 6.92 Å². The van der Waals surface area contributed by atoms with Crippen molar-refractivity contribution in [2.24, 2.45) is 0 Å². The van der Waals surface area contributed by atoms with E-state index in [1.54, 1.807) is 0 Å². The smallest absolute Gasteiger partial charge is 0.303 e. The van der Waals surface area contributed by atoms with Crippen molar-refractivity contribution >= 4 is 13.8 Å². The number of quaternary nitrogens is 1. The number of likely N-dealkylation sites (N-methyl/N-ethyl adjacent to an activating group) is 1. The Balaban J connectivity index is 3.97. The van der Waals surface area contributed by atoms with Crippen LogP contribution in [0.1, 0.15) is 71.6 Å². The average Bonchev–Trinajstić information content (AvgIpc) is 2.62. The van der Waals surface area contributed by atoms with Gasteiger partial charge >= 0.3 is 5.97 Å². The van der Waals surface area contributed by atoms with Crippen LogP contribution < -0.4 is 4.89 Å². The number of ether oxygens (including phenoxy) is 2. The highest BCUT2D eigenvalue weighted by Crippen LogP contribution is 2.38. The van der Waals surface area contributed by atoms with Gasteiger partial charge in [-0.15, -0.1) is 0 Å². The molecule has 8 nitrogen and oxygen atoms in total. The van der Waals surface area contributed by atoms with Gasteiger partial charge in [0, 0.05) is 13.5 Å². The summed E-state index contributed by atoms with van der Waals surface area (Å²) in [6.07, 6.45) is 10.2. The summed E-state index contributed by atoms with van der Waals surface area (Å²) in [5.41, 5.74) is 0. The second-order valence-electron chi connectivity index (χ2n) is 8.72. The molecule has 0 rings (SSSR count). The van der Waals surface area contributed by atoms with E-state index in [1.165, 1.54) is 51.9 Å². The van der Waals surface area contributed by atoms with Crippen molar-refractivity contribution in [3.8, 4) is 0 Å². The molecule has 2 atom stereocenters. The van der Waals surface area contributed by atoms with Gasteiger partial charge in [-0.25, -0.2) is 0 Å². The molecule has 30 heavy (non-hydrogen) atoms. The molecule has 0 amide bonds. The Morgan fingerprint density at radius 2 is 1.47 bits per heavy atom. The standard InChI is InChI=1S/C21H44NO7P/c1-6-7-8-9-10-11-12-13-14-16-26-18-21(29-20(2)23)19-28-30(24,25)27-17-15-22(3,4)5/h21H,6-19H2,1-5H3. The van der Waals surface area contributed by atoms with Crippen molar-refractivity contribution in [2.45, 2.75) is 77.7 Å². The third-order valence-electron chi connectivity index (χ3n) is 4.46. The molecule has 0 aliphatic heterocycles. The molecule has 0 saturated heterocycles. The van der Waals surface area contributed by atoms with Gasteiger partial charge in [0.2, 0.25) is 0 Å². The molecule has 0 heterocycles. The zero-order valence-electron chi connectivity index (χ0n) is 19.7. The molecule has 0 bridgehead atoms. The molecule has 0 aliphatic carbocycles. The minimum Gasteiger partial charge on any atom is -0.756 e. The molecule has 2 unspecified atom stereocenters. The minimum absolute atomic E-state index is 0.0254. The summed E-state index contributed by atoms with van der Waals surface area (Å²) in [5.74, 6) is -0.512. The van der Waals surface area contributed by atoms with E-state index in [4.69, 9.17) is 18.5 Å². The van der Waals surface area contributed by atoms with Crippen molar-refractivity contribution in [1.29, 1.82) is 0 Å². The Labute approximate surface area is 183 Å². The summed E-state index contributed by atoms with van der Waals surface area (Å²) < 4.78 is 32.8. The summed E-state index contributed by atoms with van der Waals surface area (Å²) in [5, 5.41) is 0. The Morgan fingerprint density at radius 3 is 2.00 bits per heavy atom. The molecular formula is C21H44NO7P. The van der Waals surface area contributed by atoms with E-state index >= 15 is 0 Å². The maximum absolute atomic E-state index is 11.9. The first-order valence-electron chi connectivity index (χ1n) is 11.2. The van der Waals surface area contributed by atoms with Crippen molar-refractivity contribution in [3.05, 3.63) is 0 Å². The van der Waals surface area contributed by atoms with Gasteiger partial charge in [-0.2, -0.15) is 0 Å². The van der Waals surface area contributed by atoms with Gasteiger partial charge in [-0.3, -0.25) is 9.36 Å². The number of nitrogens with zero attached hydrogens (tertiary/aromatic N) is 1. The summed E-state index contributed by atoms with van der Waals surface area (Å²) >= 11 is 0. The number of unbranched alkanes of at least 4 members (excludes halogenated alkanes) is 8. The predicted molar refractivity (Wildman–Crippen MR) is 116 cm³/mol. The van der Waals surface area contributed by atoms with Crippen molar-refractivity contribution in [3.63, 3.8) is 0 Å². The van der Waals surface area contributed by atoms with E-state index in [0.29, 0.717) is 17.6 Å².